The Balaban J connectivity index is 4.62. The lowest BCUT2D eigenvalue weighted by Gasteiger charge is -2.25. The van der Waals surface area contributed by atoms with Crippen LogP contribution in [0.15, 0.2) is 0 Å². The molecular weight excluding hydrogens is 290 g/mol. The van der Waals surface area contributed by atoms with Crippen LogP contribution in [0.2, 0.25) is 0 Å². The highest BCUT2D eigenvalue weighted by molar-refractivity contribution is 7.48. The van der Waals surface area contributed by atoms with Crippen molar-refractivity contribution in [3.63, 3.8) is 0 Å². The van der Waals surface area contributed by atoms with Gasteiger partial charge in [0.05, 0.1) is 24.9 Å². The molecule has 0 radical (unpaired) electrons. The predicted octanol–water partition coefficient (Wildman–Crippen LogP) is 2.78. The summed E-state index contributed by atoms with van der Waals surface area (Å²) in [5.41, 5.74) is 0. The lowest BCUT2D eigenvalue weighted by molar-refractivity contribution is 0.0342. The van der Waals surface area contributed by atoms with Crippen LogP contribution < -0.4 is 0 Å². The third-order valence-electron chi connectivity index (χ3n) is 1.62. The summed E-state index contributed by atoms with van der Waals surface area (Å²) >= 11 is 11.1. The second kappa shape index (κ2) is 8.70. The van der Waals surface area contributed by atoms with Crippen LogP contribution >= 0.6 is 31.0 Å². The summed E-state index contributed by atoms with van der Waals surface area (Å²) in [5.74, 6) is 0.305. The number of halogens is 2. The van der Waals surface area contributed by atoms with Crippen molar-refractivity contribution in [2.75, 3.05) is 18.4 Å². The van der Waals surface area contributed by atoms with Crippen molar-refractivity contribution in [2.45, 2.75) is 39.1 Å². The van der Waals surface area contributed by atoms with E-state index in [9.17, 15) is 4.57 Å². The van der Waals surface area contributed by atoms with Crippen LogP contribution in [-0.2, 0) is 18.1 Å². The van der Waals surface area contributed by atoms with Crippen LogP contribution in [-0.4, -0.2) is 41.8 Å². The molecule has 3 unspecified atom stereocenters. The minimum absolute atomic E-state index is 0.152. The lowest BCUT2D eigenvalue weighted by Crippen LogP contribution is -2.20. The van der Waals surface area contributed by atoms with Crippen LogP contribution in [0.4, 0.5) is 0 Å². The number of hydrogen-bond acceptors (Lipinski definition) is 5. The number of phosphoric acid groups is 1. The molecule has 17 heavy (non-hydrogen) atoms. The highest BCUT2D eigenvalue weighted by Crippen LogP contribution is 2.52. The largest absolute Gasteiger partial charge is 0.475 e. The molecule has 0 bridgehead atoms. The maximum absolute atomic E-state index is 12.2. The summed E-state index contributed by atoms with van der Waals surface area (Å²) < 4.78 is 27.6. The Bertz CT molecular complexity index is 216. The van der Waals surface area contributed by atoms with E-state index in [0.29, 0.717) is 0 Å². The van der Waals surface area contributed by atoms with Crippen molar-refractivity contribution in [3.8, 4) is 0 Å². The van der Waals surface area contributed by atoms with E-state index in [4.69, 9.17) is 41.9 Å². The maximum atomic E-state index is 12.2. The minimum atomic E-state index is -3.77. The van der Waals surface area contributed by atoms with Gasteiger partial charge in [-0.2, -0.15) is 0 Å². The average molecular weight is 309 g/mol. The summed E-state index contributed by atoms with van der Waals surface area (Å²) in [7, 11) is -3.77. The first-order valence-corrected chi connectivity index (χ1v) is 7.77. The van der Waals surface area contributed by atoms with Crippen molar-refractivity contribution in [2.24, 2.45) is 0 Å². The standard InChI is InChI=1S/C9H19Cl2O5P/c1-7(4-10)14-17(13,15-8(2)5-11)16-9(3)6-12/h7-9,12H,4-6H2,1-3H3. The number of aliphatic hydroxyl groups is 1. The van der Waals surface area contributed by atoms with Gasteiger partial charge in [0.2, 0.25) is 0 Å². The van der Waals surface area contributed by atoms with Gasteiger partial charge in [0, 0.05) is 11.8 Å². The molecule has 1 N–H and O–H groups in total. The SMILES string of the molecule is CC(CO)OP(=O)(OC(C)CCl)OC(C)CCl. The second-order valence-electron chi connectivity index (χ2n) is 3.69. The van der Waals surface area contributed by atoms with Gasteiger partial charge >= 0.3 is 7.82 Å². The molecule has 0 fully saturated rings. The summed E-state index contributed by atoms with van der Waals surface area (Å²) in [6, 6.07) is 0. The van der Waals surface area contributed by atoms with Crippen molar-refractivity contribution in [1.29, 1.82) is 0 Å². The third-order valence-corrected chi connectivity index (χ3v) is 4.34. The molecule has 0 aliphatic carbocycles. The van der Waals surface area contributed by atoms with Gasteiger partial charge in [0.1, 0.15) is 0 Å². The zero-order valence-corrected chi connectivity index (χ0v) is 12.5. The Morgan fingerprint density at radius 1 is 1.00 bits per heavy atom. The van der Waals surface area contributed by atoms with Crippen molar-refractivity contribution >= 4 is 31.0 Å². The summed E-state index contributed by atoms with van der Waals surface area (Å²) in [5, 5.41) is 8.87. The highest BCUT2D eigenvalue weighted by Gasteiger charge is 2.33. The van der Waals surface area contributed by atoms with Crippen molar-refractivity contribution in [1.82, 2.24) is 0 Å². The molecule has 0 amide bonds. The number of alkyl halides is 2. The van der Waals surface area contributed by atoms with E-state index in [1.165, 1.54) is 0 Å². The molecule has 0 aromatic carbocycles. The fraction of sp³-hybridized carbons (Fsp3) is 1.00. The molecular formula is C9H19Cl2O5P. The van der Waals surface area contributed by atoms with Gasteiger partial charge in [-0.25, -0.2) is 4.57 Å². The van der Waals surface area contributed by atoms with Crippen LogP contribution in [0.5, 0.6) is 0 Å². The van der Waals surface area contributed by atoms with Gasteiger partial charge in [-0.15, -0.1) is 23.2 Å². The van der Waals surface area contributed by atoms with Crippen LogP contribution in [0.25, 0.3) is 0 Å². The van der Waals surface area contributed by atoms with E-state index in [1.807, 2.05) is 0 Å². The Hall–Kier alpha value is 0.650. The molecule has 0 aliphatic rings. The first kappa shape index (κ1) is 17.6. The third kappa shape index (κ3) is 7.62. The zero-order valence-electron chi connectivity index (χ0n) is 10.1. The normalized spacial score (nSPS) is 20.6. The first-order chi connectivity index (χ1) is 7.86. The monoisotopic (exact) mass is 308 g/mol. The molecule has 0 saturated heterocycles. The average Bonchev–Trinajstić information content (AvgIpc) is 2.27. The predicted molar refractivity (Wildman–Crippen MR) is 67.8 cm³/mol. The molecule has 3 atom stereocenters. The van der Waals surface area contributed by atoms with Gasteiger partial charge in [-0.3, -0.25) is 13.6 Å². The molecule has 104 valence electrons. The topological polar surface area (TPSA) is 65.0 Å². The molecule has 0 spiro atoms. The molecule has 0 heterocycles. The Kier molecular flexibility index (Phi) is 9.03. The van der Waals surface area contributed by atoms with Gasteiger partial charge in [0.25, 0.3) is 0 Å². The fourth-order valence-corrected chi connectivity index (χ4v) is 2.81. The first-order valence-electron chi connectivity index (χ1n) is 5.24. The molecule has 0 aliphatic heterocycles. The zero-order chi connectivity index (χ0) is 13.5. The van der Waals surface area contributed by atoms with E-state index in [-0.39, 0.29) is 18.4 Å². The van der Waals surface area contributed by atoms with E-state index in [0.717, 1.165) is 0 Å². The minimum Gasteiger partial charge on any atom is -0.394 e. The van der Waals surface area contributed by atoms with Crippen molar-refractivity contribution < 1.29 is 23.2 Å². The van der Waals surface area contributed by atoms with Crippen LogP contribution in [0, 0.1) is 0 Å². The molecule has 0 aromatic heterocycles. The summed E-state index contributed by atoms with van der Waals surface area (Å²) in [4.78, 5) is 0. The van der Waals surface area contributed by atoms with E-state index in [1.54, 1.807) is 20.8 Å². The number of rotatable bonds is 9. The lowest BCUT2D eigenvalue weighted by atomic mass is 10.5. The van der Waals surface area contributed by atoms with Crippen LogP contribution in [0.3, 0.4) is 0 Å². The highest BCUT2D eigenvalue weighted by atomic mass is 35.5. The van der Waals surface area contributed by atoms with Gasteiger partial charge in [-0.05, 0) is 20.8 Å². The summed E-state index contributed by atoms with van der Waals surface area (Å²) in [6.07, 6.45) is -1.64. The second-order valence-corrected chi connectivity index (χ2v) is 5.83. The molecule has 0 aromatic rings. The number of aliphatic hydroxyl groups excluding tert-OH is 1. The Morgan fingerprint density at radius 2 is 1.35 bits per heavy atom. The number of phosphoric ester groups is 1. The van der Waals surface area contributed by atoms with E-state index >= 15 is 0 Å². The van der Waals surface area contributed by atoms with E-state index < -0.39 is 26.1 Å². The Morgan fingerprint density at radius 3 is 1.65 bits per heavy atom. The molecule has 5 nitrogen and oxygen atoms in total. The van der Waals surface area contributed by atoms with Gasteiger partial charge in [-0.1, -0.05) is 0 Å². The quantitative estimate of drug-likeness (QED) is 0.524. The van der Waals surface area contributed by atoms with Crippen LogP contribution in [0.1, 0.15) is 20.8 Å². The summed E-state index contributed by atoms with van der Waals surface area (Å²) in [6.45, 7) is 4.54. The molecule has 8 heteroatoms. The van der Waals surface area contributed by atoms with Gasteiger partial charge in [0.15, 0.2) is 0 Å². The van der Waals surface area contributed by atoms with Crippen molar-refractivity contribution in [3.05, 3.63) is 0 Å². The molecule has 0 rings (SSSR count). The number of hydrogen-bond donors (Lipinski definition) is 1. The maximum Gasteiger partial charge on any atom is 0.475 e. The molecule has 0 saturated carbocycles. The smallest absolute Gasteiger partial charge is 0.394 e. The van der Waals surface area contributed by atoms with E-state index in [2.05, 4.69) is 0 Å². The fourth-order valence-electron chi connectivity index (χ4n) is 0.825. The van der Waals surface area contributed by atoms with Gasteiger partial charge < -0.3 is 5.11 Å². The Labute approximate surface area is 112 Å².